The Morgan fingerprint density at radius 3 is 2.60 bits per heavy atom. The van der Waals surface area contributed by atoms with Crippen LogP contribution in [-0.4, -0.2) is 36.5 Å². The molecular weight excluding hydrogens is 314 g/mol. The number of terminal acetylenes is 1. The molecular formula is C17H24BrNO. The lowest BCUT2D eigenvalue weighted by atomic mass is 10.1. The Balaban J connectivity index is 2.40. The minimum Gasteiger partial charge on any atom is -0.494 e. The van der Waals surface area contributed by atoms with Gasteiger partial charge >= 0.3 is 0 Å². The Morgan fingerprint density at radius 2 is 2.00 bits per heavy atom. The summed E-state index contributed by atoms with van der Waals surface area (Å²) in [6, 6.07) is 8.83. The van der Waals surface area contributed by atoms with E-state index in [-0.39, 0.29) is 0 Å². The maximum absolute atomic E-state index is 5.70. The van der Waals surface area contributed by atoms with E-state index in [1.807, 2.05) is 0 Å². The highest BCUT2D eigenvalue weighted by atomic mass is 79.9. The predicted molar refractivity (Wildman–Crippen MR) is 89.6 cm³/mol. The fourth-order valence-corrected chi connectivity index (χ4v) is 2.30. The van der Waals surface area contributed by atoms with E-state index in [0.717, 1.165) is 36.9 Å². The number of likely N-dealkylation sites (N-methyl/N-ethyl adjacent to an activating group) is 1. The summed E-state index contributed by atoms with van der Waals surface area (Å²) in [6.45, 7) is 3.67. The average Bonchev–Trinajstić information content (AvgIpc) is 2.45. The summed E-state index contributed by atoms with van der Waals surface area (Å²) in [5, 5.41) is 1.04. The van der Waals surface area contributed by atoms with Crippen LogP contribution < -0.4 is 4.74 Å². The van der Waals surface area contributed by atoms with E-state index in [0.29, 0.717) is 12.6 Å². The second-order valence-corrected chi connectivity index (χ2v) is 5.85. The molecule has 0 bridgehead atoms. The first-order valence-electron chi connectivity index (χ1n) is 7.08. The largest absolute Gasteiger partial charge is 0.494 e. The summed E-state index contributed by atoms with van der Waals surface area (Å²) >= 11 is 3.42. The molecule has 3 heteroatoms. The molecule has 0 aliphatic carbocycles. The van der Waals surface area contributed by atoms with Gasteiger partial charge in [-0.2, -0.15) is 0 Å². The van der Waals surface area contributed by atoms with Crippen LogP contribution in [0, 0.1) is 12.3 Å². The maximum atomic E-state index is 5.70. The van der Waals surface area contributed by atoms with Crippen molar-refractivity contribution in [3.8, 4) is 18.1 Å². The normalized spacial score (nSPS) is 12.2. The molecule has 1 aromatic carbocycles. The molecule has 0 saturated heterocycles. The molecule has 0 amide bonds. The Labute approximate surface area is 131 Å². The van der Waals surface area contributed by atoms with Gasteiger partial charge in [-0.05, 0) is 50.9 Å². The number of alkyl halides is 1. The third-order valence-electron chi connectivity index (χ3n) is 3.34. The highest BCUT2D eigenvalue weighted by Gasteiger charge is 2.08. The van der Waals surface area contributed by atoms with Gasteiger partial charge in [0.25, 0.3) is 0 Å². The van der Waals surface area contributed by atoms with Gasteiger partial charge in [0, 0.05) is 11.4 Å². The lowest BCUT2D eigenvalue weighted by Gasteiger charge is -2.22. The van der Waals surface area contributed by atoms with Crippen molar-refractivity contribution in [2.45, 2.75) is 32.2 Å². The molecule has 0 N–H and O–H groups in total. The van der Waals surface area contributed by atoms with Crippen molar-refractivity contribution in [1.29, 1.82) is 0 Å². The van der Waals surface area contributed by atoms with Gasteiger partial charge in [-0.1, -0.05) is 34.0 Å². The van der Waals surface area contributed by atoms with Crippen molar-refractivity contribution in [1.82, 2.24) is 4.90 Å². The van der Waals surface area contributed by atoms with Gasteiger partial charge in [-0.15, -0.1) is 6.42 Å². The molecule has 0 aromatic heterocycles. The first-order chi connectivity index (χ1) is 9.67. The summed E-state index contributed by atoms with van der Waals surface area (Å²) in [4.78, 5) is 2.19. The molecule has 0 fully saturated rings. The molecule has 0 aliphatic rings. The summed E-state index contributed by atoms with van der Waals surface area (Å²) in [7, 11) is 2.06. The van der Waals surface area contributed by atoms with Crippen molar-refractivity contribution in [2.24, 2.45) is 0 Å². The zero-order valence-corrected chi connectivity index (χ0v) is 14.0. The summed E-state index contributed by atoms with van der Waals surface area (Å²) < 4.78 is 5.70. The van der Waals surface area contributed by atoms with E-state index >= 15 is 0 Å². The molecule has 110 valence electrons. The molecule has 20 heavy (non-hydrogen) atoms. The SMILES string of the molecule is C#CCN(C)[C@H](C)Cc1ccc(OCCCCBr)cc1. The second kappa shape index (κ2) is 9.85. The van der Waals surface area contributed by atoms with E-state index in [1.165, 1.54) is 5.56 Å². The molecule has 2 nitrogen and oxygen atoms in total. The smallest absolute Gasteiger partial charge is 0.119 e. The summed E-state index contributed by atoms with van der Waals surface area (Å²) in [6.07, 6.45) is 8.57. The van der Waals surface area contributed by atoms with E-state index in [1.54, 1.807) is 0 Å². The van der Waals surface area contributed by atoms with Crippen LogP contribution in [-0.2, 0) is 6.42 Å². The topological polar surface area (TPSA) is 12.5 Å². The Morgan fingerprint density at radius 1 is 1.30 bits per heavy atom. The first-order valence-corrected chi connectivity index (χ1v) is 8.21. The second-order valence-electron chi connectivity index (χ2n) is 5.06. The van der Waals surface area contributed by atoms with E-state index in [2.05, 4.69) is 65.0 Å². The van der Waals surface area contributed by atoms with Gasteiger partial charge in [0.15, 0.2) is 0 Å². The number of hydrogen-bond acceptors (Lipinski definition) is 2. The minimum absolute atomic E-state index is 0.441. The van der Waals surface area contributed by atoms with Crippen LogP contribution in [0.25, 0.3) is 0 Å². The van der Waals surface area contributed by atoms with Gasteiger partial charge in [0.05, 0.1) is 13.2 Å². The monoisotopic (exact) mass is 337 g/mol. The van der Waals surface area contributed by atoms with Crippen molar-refractivity contribution >= 4 is 15.9 Å². The fraction of sp³-hybridized carbons (Fsp3) is 0.529. The number of ether oxygens (including phenoxy) is 1. The zero-order valence-electron chi connectivity index (χ0n) is 12.4. The van der Waals surface area contributed by atoms with E-state index < -0.39 is 0 Å². The third-order valence-corrected chi connectivity index (χ3v) is 3.91. The number of unbranched alkanes of at least 4 members (excludes halogenated alkanes) is 1. The Kier molecular flexibility index (Phi) is 8.41. The van der Waals surface area contributed by atoms with E-state index in [9.17, 15) is 0 Å². The third kappa shape index (κ3) is 6.45. The summed E-state index contributed by atoms with van der Waals surface area (Å²) in [5.74, 6) is 3.63. The number of hydrogen-bond donors (Lipinski definition) is 0. The average molecular weight is 338 g/mol. The van der Waals surface area contributed by atoms with Gasteiger partial charge in [-0.25, -0.2) is 0 Å². The van der Waals surface area contributed by atoms with Gasteiger partial charge in [0.2, 0.25) is 0 Å². The Hall–Kier alpha value is -0.980. The van der Waals surface area contributed by atoms with Crippen molar-refractivity contribution in [2.75, 3.05) is 25.5 Å². The molecule has 0 heterocycles. The lowest BCUT2D eigenvalue weighted by Crippen LogP contribution is -2.31. The van der Waals surface area contributed by atoms with Crippen molar-refractivity contribution in [3.63, 3.8) is 0 Å². The van der Waals surface area contributed by atoms with Crippen molar-refractivity contribution < 1.29 is 4.74 Å². The van der Waals surface area contributed by atoms with Crippen molar-refractivity contribution in [3.05, 3.63) is 29.8 Å². The molecule has 1 aromatic rings. The molecule has 0 radical (unpaired) electrons. The van der Waals surface area contributed by atoms with Crippen LogP contribution in [0.3, 0.4) is 0 Å². The first kappa shape index (κ1) is 17.1. The molecule has 1 atom stereocenters. The lowest BCUT2D eigenvalue weighted by molar-refractivity contribution is 0.286. The van der Waals surface area contributed by atoms with Crippen LogP contribution in [0.2, 0.25) is 0 Å². The van der Waals surface area contributed by atoms with Crippen LogP contribution >= 0.6 is 15.9 Å². The standard InChI is InChI=1S/C17H24BrNO/c1-4-12-19(3)15(2)14-16-7-9-17(10-8-16)20-13-6-5-11-18/h1,7-10,15H,5-6,11-14H2,2-3H3/t15-/m1/s1. The number of halogens is 1. The molecule has 1 rings (SSSR count). The molecule has 0 spiro atoms. The highest BCUT2D eigenvalue weighted by Crippen LogP contribution is 2.15. The number of benzene rings is 1. The Bertz CT molecular complexity index is 410. The molecule has 0 unspecified atom stereocenters. The van der Waals surface area contributed by atoms with Gasteiger partial charge in [0.1, 0.15) is 5.75 Å². The van der Waals surface area contributed by atoms with Crippen LogP contribution in [0.5, 0.6) is 5.75 Å². The maximum Gasteiger partial charge on any atom is 0.119 e. The van der Waals surface area contributed by atoms with Crippen LogP contribution in [0.4, 0.5) is 0 Å². The molecule has 0 saturated carbocycles. The van der Waals surface area contributed by atoms with Crippen LogP contribution in [0.15, 0.2) is 24.3 Å². The van der Waals surface area contributed by atoms with E-state index in [4.69, 9.17) is 11.2 Å². The zero-order chi connectivity index (χ0) is 14.8. The summed E-state index contributed by atoms with van der Waals surface area (Å²) in [5.41, 5.74) is 1.31. The number of rotatable bonds is 9. The minimum atomic E-state index is 0.441. The molecule has 0 aliphatic heterocycles. The van der Waals surface area contributed by atoms with Crippen LogP contribution in [0.1, 0.15) is 25.3 Å². The predicted octanol–water partition coefficient (Wildman–Crippen LogP) is 3.74. The highest BCUT2D eigenvalue weighted by molar-refractivity contribution is 9.09. The fourth-order valence-electron chi connectivity index (χ4n) is 1.91. The quantitative estimate of drug-likeness (QED) is 0.386. The van der Waals surface area contributed by atoms with Gasteiger partial charge in [-0.3, -0.25) is 4.90 Å². The number of nitrogens with zero attached hydrogens (tertiary/aromatic N) is 1. The van der Waals surface area contributed by atoms with Gasteiger partial charge < -0.3 is 4.74 Å².